The molecule has 1 aromatic heterocycles. The SMILES string of the molecule is C#CC[C@]1(n2ccc(N)nc2=O)C[C@H](O)[C@@H](C(N)O)O1. The molecule has 0 radical (unpaired) electrons. The number of hydrogen-bond acceptors (Lipinski definition) is 7. The van der Waals surface area contributed by atoms with Crippen molar-refractivity contribution < 1.29 is 14.9 Å². The molecule has 8 nitrogen and oxygen atoms in total. The van der Waals surface area contributed by atoms with Crippen LogP contribution in [0.2, 0.25) is 0 Å². The molecule has 1 aromatic rings. The van der Waals surface area contributed by atoms with E-state index in [2.05, 4.69) is 10.9 Å². The highest BCUT2D eigenvalue weighted by molar-refractivity contribution is 5.24. The maximum absolute atomic E-state index is 11.9. The van der Waals surface area contributed by atoms with E-state index in [1.165, 1.54) is 12.3 Å². The number of rotatable bonds is 3. The predicted molar refractivity (Wildman–Crippen MR) is 70.0 cm³/mol. The fourth-order valence-corrected chi connectivity index (χ4v) is 2.36. The summed E-state index contributed by atoms with van der Waals surface area (Å²) in [5.74, 6) is 2.46. The van der Waals surface area contributed by atoms with Crippen molar-refractivity contribution in [3.63, 3.8) is 0 Å². The largest absolute Gasteiger partial charge is 0.390 e. The fourth-order valence-electron chi connectivity index (χ4n) is 2.36. The third kappa shape index (κ3) is 2.39. The smallest absolute Gasteiger partial charge is 0.351 e. The van der Waals surface area contributed by atoms with Gasteiger partial charge in [0, 0.05) is 12.6 Å². The van der Waals surface area contributed by atoms with Gasteiger partial charge in [0.2, 0.25) is 0 Å². The lowest BCUT2D eigenvalue weighted by Crippen LogP contribution is -2.44. The molecule has 0 aromatic carbocycles. The van der Waals surface area contributed by atoms with E-state index in [1.54, 1.807) is 0 Å². The van der Waals surface area contributed by atoms with Crippen LogP contribution in [0, 0.1) is 12.3 Å². The lowest BCUT2D eigenvalue weighted by atomic mass is 10.0. The van der Waals surface area contributed by atoms with Crippen LogP contribution in [0.4, 0.5) is 5.82 Å². The first-order valence-corrected chi connectivity index (χ1v) is 5.98. The van der Waals surface area contributed by atoms with Crippen molar-refractivity contribution in [3.8, 4) is 12.3 Å². The molecule has 2 rings (SSSR count). The Bertz CT molecular complexity index is 594. The summed E-state index contributed by atoms with van der Waals surface area (Å²) in [4.78, 5) is 15.5. The van der Waals surface area contributed by atoms with Gasteiger partial charge in [0.05, 0.1) is 12.5 Å². The molecule has 0 spiro atoms. The van der Waals surface area contributed by atoms with E-state index in [0.29, 0.717) is 0 Å². The minimum absolute atomic E-state index is 0.0127. The van der Waals surface area contributed by atoms with Gasteiger partial charge in [-0.2, -0.15) is 4.98 Å². The van der Waals surface area contributed by atoms with Crippen LogP contribution in [-0.4, -0.2) is 38.2 Å². The normalized spacial score (nSPS) is 30.9. The van der Waals surface area contributed by atoms with Crippen LogP contribution >= 0.6 is 0 Å². The van der Waals surface area contributed by atoms with Crippen LogP contribution in [0.5, 0.6) is 0 Å². The molecule has 1 fully saturated rings. The summed E-state index contributed by atoms with van der Waals surface area (Å²) in [6.45, 7) is 0. The quantitative estimate of drug-likeness (QED) is 0.368. The highest BCUT2D eigenvalue weighted by Gasteiger charge is 2.49. The Hall–Kier alpha value is -1.92. The van der Waals surface area contributed by atoms with Gasteiger partial charge in [-0.25, -0.2) is 4.79 Å². The lowest BCUT2D eigenvalue weighted by Gasteiger charge is -2.29. The van der Waals surface area contributed by atoms with Crippen LogP contribution in [0.15, 0.2) is 17.1 Å². The van der Waals surface area contributed by atoms with Gasteiger partial charge in [0.1, 0.15) is 18.1 Å². The fraction of sp³-hybridized carbons (Fsp3) is 0.500. The molecule has 6 N–H and O–H groups in total. The number of anilines is 1. The van der Waals surface area contributed by atoms with Gasteiger partial charge < -0.3 is 26.4 Å². The van der Waals surface area contributed by atoms with Crippen molar-refractivity contribution in [1.29, 1.82) is 0 Å². The van der Waals surface area contributed by atoms with Crippen molar-refractivity contribution in [3.05, 3.63) is 22.7 Å². The van der Waals surface area contributed by atoms with E-state index in [4.69, 9.17) is 22.6 Å². The zero-order chi connectivity index (χ0) is 14.9. The van der Waals surface area contributed by atoms with Gasteiger partial charge in [0.25, 0.3) is 0 Å². The first kappa shape index (κ1) is 14.5. The summed E-state index contributed by atoms with van der Waals surface area (Å²) >= 11 is 0. The maximum Gasteiger partial charge on any atom is 0.351 e. The summed E-state index contributed by atoms with van der Waals surface area (Å²) in [7, 11) is 0. The molecule has 4 atom stereocenters. The van der Waals surface area contributed by atoms with E-state index in [1.807, 2.05) is 0 Å². The van der Waals surface area contributed by atoms with Gasteiger partial charge >= 0.3 is 5.69 Å². The van der Waals surface area contributed by atoms with Crippen molar-refractivity contribution in [1.82, 2.24) is 9.55 Å². The lowest BCUT2D eigenvalue weighted by molar-refractivity contribution is -0.137. The molecule has 2 heterocycles. The molecular weight excluding hydrogens is 264 g/mol. The highest BCUT2D eigenvalue weighted by atomic mass is 16.6. The highest BCUT2D eigenvalue weighted by Crippen LogP contribution is 2.37. The second-order valence-electron chi connectivity index (χ2n) is 4.68. The Balaban J connectivity index is 2.47. The van der Waals surface area contributed by atoms with Crippen molar-refractivity contribution in [2.24, 2.45) is 5.73 Å². The van der Waals surface area contributed by atoms with Crippen LogP contribution in [0.1, 0.15) is 12.8 Å². The zero-order valence-electron chi connectivity index (χ0n) is 10.6. The average molecular weight is 280 g/mol. The number of nitrogens with zero attached hydrogens (tertiary/aromatic N) is 2. The first-order chi connectivity index (χ1) is 9.39. The second kappa shape index (κ2) is 5.22. The van der Waals surface area contributed by atoms with Gasteiger partial charge in [-0.3, -0.25) is 4.57 Å². The number of nitrogen functional groups attached to an aromatic ring is 1. The van der Waals surface area contributed by atoms with E-state index in [9.17, 15) is 15.0 Å². The Morgan fingerprint density at radius 3 is 2.95 bits per heavy atom. The molecule has 1 saturated heterocycles. The molecule has 1 unspecified atom stereocenters. The van der Waals surface area contributed by atoms with Crippen molar-refractivity contribution >= 4 is 5.82 Å². The molecule has 0 bridgehead atoms. The molecule has 1 aliphatic heterocycles. The zero-order valence-corrected chi connectivity index (χ0v) is 10.6. The minimum atomic E-state index is -1.39. The van der Waals surface area contributed by atoms with E-state index >= 15 is 0 Å². The van der Waals surface area contributed by atoms with E-state index in [0.717, 1.165) is 4.57 Å². The van der Waals surface area contributed by atoms with Gasteiger partial charge in [-0.1, -0.05) is 0 Å². The number of aliphatic hydroxyl groups excluding tert-OH is 2. The Labute approximate surface area is 115 Å². The summed E-state index contributed by atoms with van der Waals surface area (Å²) in [5.41, 5.74) is 8.82. The molecule has 8 heteroatoms. The Kier molecular flexibility index (Phi) is 3.78. The van der Waals surface area contributed by atoms with Crippen LogP contribution in [-0.2, 0) is 10.5 Å². The molecule has 0 aliphatic carbocycles. The molecule has 20 heavy (non-hydrogen) atoms. The topological polar surface area (TPSA) is 137 Å². The van der Waals surface area contributed by atoms with E-state index in [-0.39, 0.29) is 18.7 Å². The van der Waals surface area contributed by atoms with E-state index < -0.39 is 29.9 Å². The van der Waals surface area contributed by atoms with Crippen molar-refractivity contribution in [2.75, 3.05) is 5.73 Å². The Morgan fingerprint density at radius 2 is 2.45 bits per heavy atom. The monoisotopic (exact) mass is 280 g/mol. The van der Waals surface area contributed by atoms with Gasteiger partial charge in [-0.15, -0.1) is 12.3 Å². The number of aliphatic hydroxyl groups is 2. The van der Waals surface area contributed by atoms with Gasteiger partial charge in [-0.05, 0) is 6.07 Å². The number of terminal acetylenes is 1. The number of ether oxygens (including phenoxy) is 1. The second-order valence-corrected chi connectivity index (χ2v) is 4.68. The molecule has 1 aliphatic rings. The summed E-state index contributed by atoms with van der Waals surface area (Å²) < 4.78 is 6.75. The summed E-state index contributed by atoms with van der Waals surface area (Å²) in [6.07, 6.45) is 3.26. The minimum Gasteiger partial charge on any atom is -0.390 e. The van der Waals surface area contributed by atoms with Crippen LogP contribution in [0.3, 0.4) is 0 Å². The molecule has 108 valence electrons. The molecular formula is C12H16N4O4. The number of nitrogens with two attached hydrogens (primary N) is 2. The summed E-state index contributed by atoms with van der Waals surface area (Å²) in [6, 6.07) is 1.42. The van der Waals surface area contributed by atoms with Crippen molar-refractivity contribution in [2.45, 2.75) is 37.0 Å². The number of aromatic nitrogens is 2. The first-order valence-electron chi connectivity index (χ1n) is 5.98. The van der Waals surface area contributed by atoms with Crippen LogP contribution < -0.4 is 17.2 Å². The third-order valence-electron chi connectivity index (χ3n) is 3.24. The van der Waals surface area contributed by atoms with Gasteiger partial charge in [0.15, 0.2) is 5.72 Å². The third-order valence-corrected chi connectivity index (χ3v) is 3.24. The maximum atomic E-state index is 11.9. The molecule has 0 saturated carbocycles. The Morgan fingerprint density at radius 1 is 1.75 bits per heavy atom. The van der Waals surface area contributed by atoms with Crippen LogP contribution in [0.25, 0.3) is 0 Å². The molecule has 0 amide bonds. The predicted octanol–water partition coefficient (Wildman–Crippen LogP) is -2.07. The summed E-state index contributed by atoms with van der Waals surface area (Å²) in [5, 5.41) is 19.3. The number of hydrogen-bond donors (Lipinski definition) is 4. The average Bonchev–Trinajstić information content (AvgIpc) is 2.67. The standard InChI is InChI=1S/C12H16N4O4/c1-2-4-12(6-7(17)9(20-12)10(14)18)16-5-3-8(13)15-11(16)19/h1,3,5,7,9-10,17-18H,4,6,14H2,(H2,13,15,19)/t7-,9-,10?,12+/m0/s1.